The molecule has 14 heavy (non-hydrogen) atoms. The topological polar surface area (TPSA) is 0 Å². The fraction of sp³-hybridized carbons (Fsp3) is 0.385. The largest absolute Gasteiger partial charge is 0.206 e. The van der Waals surface area contributed by atoms with Crippen LogP contribution in [0.5, 0.6) is 0 Å². The van der Waals surface area contributed by atoms with E-state index in [0.29, 0.717) is 12.0 Å². The molecule has 1 heteroatoms. The van der Waals surface area contributed by atoms with Crippen LogP contribution in [0.2, 0.25) is 0 Å². The van der Waals surface area contributed by atoms with Gasteiger partial charge in [0.15, 0.2) is 0 Å². The van der Waals surface area contributed by atoms with Crippen molar-refractivity contribution in [2.75, 3.05) is 0 Å². The molecule has 0 bridgehead atoms. The molecule has 0 saturated carbocycles. The van der Waals surface area contributed by atoms with Crippen molar-refractivity contribution in [3.63, 3.8) is 0 Å². The maximum absolute atomic E-state index is 13.7. The molecule has 0 atom stereocenters. The highest BCUT2D eigenvalue weighted by Crippen LogP contribution is 2.21. The van der Waals surface area contributed by atoms with Crippen molar-refractivity contribution in [3.8, 4) is 12.3 Å². The number of benzene rings is 1. The SMILES string of the molecule is C#Cc1c(CC)cc(CC)c(F)c1C. The molecule has 0 N–H and O–H groups in total. The Morgan fingerprint density at radius 1 is 1.29 bits per heavy atom. The van der Waals surface area contributed by atoms with Crippen molar-refractivity contribution in [1.82, 2.24) is 0 Å². The fourth-order valence-corrected chi connectivity index (χ4v) is 1.67. The molecule has 0 aromatic heterocycles. The Morgan fingerprint density at radius 2 is 1.86 bits per heavy atom. The van der Waals surface area contributed by atoms with Gasteiger partial charge < -0.3 is 0 Å². The van der Waals surface area contributed by atoms with Gasteiger partial charge in [-0.2, -0.15) is 0 Å². The second-order valence-corrected chi connectivity index (χ2v) is 3.36. The molecule has 0 heterocycles. The van der Waals surface area contributed by atoms with Crippen molar-refractivity contribution in [2.24, 2.45) is 0 Å². The number of hydrogen-bond donors (Lipinski definition) is 0. The van der Waals surface area contributed by atoms with Crippen LogP contribution in [0, 0.1) is 25.1 Å². The predicted octanol–water partition coefficient (Wildman–Crippen LogP) is 3.24. The van der Waals surface area contributed by atoms with Gasteiger partial charge in [0.1, 0.15) is 5.82 Å². The summed E-state index contributed by atoms with van der Waals surface area (Å²) in [6.45, 7) is 5.74. The molecule has 0 fully saturated rings. The van der Waals surface area contributed by atoms with E-state index in [1.54, 1.807) is 6.92 Å². The molecule has 1 aromatic rings. The minimum Gasteiger partial charge on any atom is -0.206 e. The highest BCUT2D eigenvalue weighted by molar-refractivity contribution is 5.49. The van der Waals surface area contributed by atoms with E-state index < -0.39 is 0 Å². The number of aryl methyl sites for hydroxylation is 2. The highest BCUT2D eigenvalue weighted by atomic mass is 19.1. The lowest BCUT2D eigenvalue weighted by molar-refractivity contribution is 0.601. The van der Waals surface area contributed by atoms with Gasteiger partial charge in [-0.15, -0.1) is 6.42 Å². The van der Waals surface area contributed by atoms with E-state index in [4.69, 9.17) is 6.42 Å². The Balaban J connectivity index is 3.48. The van der Waals surface area contributed by atoms with E-state index in [0.717, 1.165) is 23.1 Å². The maximum atomic E-state index is 13.7. The molecule has 0 saturated heterocycles. The lowest BCUT2D eigenvalue weighted by atomic mass is 9.95. The molecule has 0 aliphatic heterocycles. The van der Waals surface area contributed by atoms with Gasteiger partial charge in [-0.3, -0.25) is 0 Å². The van der Waals surface area contributed by atoms with E-state index in [9.17, 15) is 4.39 Å². The summed E-state index contributed by atoms with van der Waals surface area (Å²) in [5.74, 6) is 2.43. The average Bonchev–Trinajstić information content (AvgIpc) is 2.21. The molecule has 0 aliphatic rings. The first-order valence-corrected chi connectivity index (χ1v) is 4.93. The normalized spacial score (nSPS) is 9.93. The average molecular weight is 190 g/mol. The zero-order valence-corrected chi connectivity index (χ0v) is 8.95. The van der Waals surface area contributed by atoms with Crippen molar-refractivity contribution >= 4 is 0 Å². The third-order valence-electron chi connectivity index (χ3n) is 2.56. The number of rotatable bonds is 2. The van der Waals surface area contributed by atoms with E-state index >= 15 is 0 Å². The zero-order valence-electron chi connectivity index (χ0n) is 8.95. The minimum atomic E-state index is -0.141. The summed E-state index contributed by atoms with van der Waals surface area (Å²) < 4.78 is 13.7. The first kappa shape index (κ1) is 10.8. The quantitative estimate of drug-likeness (QED) is 0.628. The molecule has 1 rings (SSSR count). The van der Waals surface area contributed by atoms with Crippen LogP contribution in [0.15, 0.2) is 6.07 Å². The lowest BCUT2D eigenvalue weighted by Crippen LogP contribution is -2.00. The van der Waals surface area contributed by atoms with Crippen LogP contribution in [0.1, 0.15) is 36.1 Å². The third-order valence-corrected chi connectivity index (χ3v) is 2.56. The Hall–Kier alpha value is -1.29. The second kappa shape index (κ2) is 4.28. The van der Waals surface area contributed by atoms with Crippen LogP contribution >= 0.6 is 0 Å². The van der Waals surface area contributed by atoms with E-state index in [2.05, 4.69) is 5.92 Å². The zero-order chi connectivity index (χ0) is 10.7. The van der Waals surface area contributed by atoms with Crippen LogP contribution < -0.4 is 0 Å². The monoisotopic (exact) mass is 190 g/mol. The molecule has 0 spiro atoms. The molecule has 0 unspecified atom stereocenters. The highest BCUT2D eigenvalue weighted by Gasteiger charge is 2.11. The Labute approximate surface area is 85.2 Å². The van der Waals surface area contributed by atoms with Gasteiger partial charge in [0.05, 0.1) is 0 Å². The summed E-state index contributed by atoms with van der Waals surface area (Å²) in [6.07, 6.45) is 6.94. The summed E-state index contributed by atoms with van der Waals surface area (Å²) in [5.41, 5.74) is 3.17. The van der Waals surface area contributed by atoms with E-state index in [-0.39, 0.29) is 5.82 Å². The Morgan fingerprint density at radius 3 is 2.29 bits per heavy atom. The maximum Gasteiger partial charge on any atom is 0.130 e. The molecule has 1 aromatic carbocycles. The van der Waals surface area contributed by atoms with Gasteiger partial charge in [0, 0.05) is 11.1 Å². The van der Waals surface area contributed by atoms with Gasteiger partial charge in [-0.05, 0) is 30.9 Å². The molecule has 0 amide bonds. The first-order valence-electron chi connectivity index (χ1n) is 4.93. The summed E-state index contributed by atoms with van der Waals surface area (Å²) in [4.78, 5) is 0. The number of halogens is 1. The number of hydrogen-bond acceptors (Lipinski definition) is 0. The predicted molar refractivity (Wildman–Crippen MR) is 57.8 cm³/mol. The van der Waals surface area contributed by atoms with Gasteiger partial charge in [-0.25, -0.2) is 4.39 Å². The van der Waals surface area contributed by atoms with Crippen molar-refractivity contribution in [3.05, 3.63) is 34.1 Å². The molecular weight excluding hydrogens is 175 g/mol. The fourth-order valence-electron chi connectivity index (χ4n) is 1.67. The van der Waals surface area contributed by atoms with Crippen molar-refractivity contribution in [2.45, 2.75) is 33.6 Å². The summed E-state index contributed by atoms with van der Waals surface area (Å²) in [5, 5.41) is 0. The Kier molecular flexibility index (Phi) is 3.30. The van der Waals surface area contributed by atoms with Gasteiger partial charge in [0.2, 0.25) is 0 Å². The van der Waals surface area contributed by atoms with Gasteiger partial charge in [-0.1, -0.05) is 25.8 Å². The molecule has 0 aliphatic carbocycles. The van der Waals surface area contributed by atoms with Crippen LogP contribution in [0.25, 0.3) is 0 Å². The van der Waals surface area contributed by atoms with Crippen LogP contribution in [-0.2, 0) is 12.8 Å². The van der Waals surface area contributed by atoms with Gasteiger partial charge >= 0.3 is 0 Å². The second-order valence-electron chi connectivity index (χ2n) is 3.36. The van der Waals surface area contributed by atoms with Crippen LogP contribution in [0.3, 0.4) is 0 Å². The molecule has 74 valence electrons. The number of terminal acetylenes is 1. The van der Waals surface area contributed by atoms with Crippen molar-refractivity contribution in [1.29, 1.82) is 0 Å². The Bertz CT molecular complexity index is 383. The first-order chi connectivity index (χ1) is 6.65. The molecular formula is C13H15F. The van der Waals surface area contributed by atoms with Crippen LogP contribution in [-0.4, -0.2) is 0 Å². The summed E-state index contributed by atoms with van der Waals surface area (Å²) in [6, 6.07) is 1.89. The van der Waals surface area contributed by atoms with Crippen LogP contribution in [0.4, 0.5) is 4.39 Å². The minimum absolute atomic E-state index is 0.141. The molecule has 0 radical (unpaired) electrons. The lowest BCUT2D eigenvalue weighted by Gasteiger charge is -2.10. The van der Waals surface area contributed by atoms with E-state index in [1.807, 2.05) is 19.9 Å². The molecule has 0 nitrogen and oxygen atoms in total. The van der Waals surface area contributed by atoms with Gasteiger partial charge in [0.25, 0.3) is 0 Å². The van der Waals surface area contributed by atoms with E-state index in [1.165, 1.54) is 0 Å². The third kappa shape index (κ3) is 1.65. The summed E-state index contributed by atoms with van der Waals surface area (Å²) in [7, 11) is 0. The standard InChI is InChI=1S/C13H15F/c1-5-10-8-11(6-2)13(14)9(4)12(10)7-3/h3,8H,5-6H2,1-2,4H3. The smallest absolute Gasteiger partial charge is 0.130 e. The summed E-state index contributed by atoms with van der Waals surface area (Å²) >= 11 is 0. The van der Waals surface area contributed by atoms with Crippen molar-refractivity contribution < 1.29 is 4.39 Å².